The minimum absolute atomic E-state index is 0.234. The van der Waals surface area contributed by atoms with Crippen LogP contribution in [0.15, 0.2) is 66.7 Å². The van der Waals surface area contributed by atoms with Gasteiger partial charge in [-0.3, -0.25) is 5.32 Å². The van der Waals surface area contributed by atoms with Crippen molar-refractivity contribution in [3.63, 3.8) is 0 Å². The van der Waals surface area contributed by atoms with Gasteiger partial charge in [0.05, 0.1) is 12.8 Å². The van der Waals surface area contributed by atoms with Crippen LogP contribution in [0.3, 0.4) is 0 Å². The third-order valence-electron chi connectivity index (χ3n) is 3.50. The molecule has 0 fully saturated rings. The quantitative estimate of drug-likeness (QED) is 0.664. The monoisotopic (exact) mass is 352 g/mol. The first kappa shape index (κ1) is 16.7. The molecule has 0 aliphatic carbocycles. The number of benzene rings is 3. The summed E-state index contributed by atoms with van der Waals surface area (Å²) in [6.45, 7) is 0. The van der Waals surface area contributed by atoms with Gasteiger partial charge in [0.1, 0.15) is 5.75 Å². The standard InChI is InChI=1S/C19H16N2O3S/c1-23-19(25)20-14-8-5-9-15(12-14)24-18(22)21-17-11-4-7-13-6-2-3-10-16(13)17/h2-12H,1H3,(H,20,25)(H,21,22). The maximum atomic E-state index is 12.2. The lowest BCUT2D eigenvalue weighted by Gasteiger charge is -2.11. The molecule has 0 spiro atoms. The third-order valence-corrected chi connectivity index (χ3v) is 3.77. The number of hydrogen-bond donors (Lipinski definition) is 2. The Morgan fingerprint density at radius 3 is 2.56 bits per heavy atom. The van der Waals surface area contributed by atoms with Crippen molar-refractivity contribution in [2.24, 2.45) is 0 Å². The first-order valence-electron chi connectivity index (χ1n) is 7.57. The SMILES string of the molecule is COC(=S)Nc1cccc(OC(=O)Nc2cccc3ccccc23)c1. The van der Waals surface area contributed by atoms with Gasteiger partial charge >= 0.3 is 6.09 Å². The number of hydrogen-bond acceptors (Lipinski definition) is 4. The molecule has 0 radical (unpaired) electrons. The van der Waals surface area contributed by atoms with E-state index in [1.165, 1.54) is 7.11 Å². The third kappa shape index (κ3) is 4.24. The van der Waals surface area contributed by atoms with Gasteiger partial charge in [0.2, 0.25) is 0 Å². The highest BCUT2D eigenvalue weighted by Gasteiger charge is 2.08. The van der Waals surface area contributed by atoms with E-state index in [9.17, 15) is 4.79 Å². The fourth-order valence-corrected chi connectivity index (χ4v) is 2.50. The zero-order valence-corrected chi connectivity index (χ0v) is 14.3. The smallest absolute Gasteiger partial charge is 0.417 e. The predicted octanol–water partition coefficient (Wildman–Crippen LogP) is 4.79. The predicted molar refractivity (Wildman–Crippen MR) is 103 cm³/mol. The molecule has 6 heteroatoms. The Morgan fingerprint density at radius 2 is 1.72 bits per heavy atom. The zero-order valence-electron chi connectivity index (χ0n) is 13.5. The largest absolute Gasteiger partial charge is 0.474 e. The lowest BCUT2D eigenvalue weighted by molar-refractivity contribution is 0.215. The number of amides is 1. The van der Waals surface area contributed by atoms with E-state index in [0.717, 1.165) is 10.8 Å². The van der Waals surface area contributed by atoms with Crippen LogP contribution in [0.4, 0.5) is 16.2 Å². The molecule has 3 aromatic carbocycles. The number of carbonyl (C=O) groups excluding carboxylic acids is 1. The van der Waals surface area contributed by atoms with E-state index < -0.39 is 6.09 Å². The van der Waals surface area contributed by atoms with Crippen molar-refractivity contribution in [2.75, 3.05) is 17.7 Å². The molecule has 1 amide bonds. The van der Waals surface area contributed by atoms with Crippen LogP contribution in [0.5, 0.6) is 5.75 Å². The maximum Gasteiger partial charge on any atom is 0.417 e. The maximum absolute atomic E-state index is 12.2. The second kappa shape index (κ2) is 7.63. The summed E-state index contributed by atoms with van der Waals surface area (Å²) in [5.41, 5.74) is 1.36. The van der Waals surface area contributed by atoms with Crippen molar-refractivity contribution >= 4 is 45.6 Å². The average Bonchev–Trinajstić information content (AvgIpc) is 2.62. The van der Waals surface area contributed by atoms with Crippen molar-refractivity contribution in [1.82, 2.24) is 0 Å². The summed E-state index contributed by atoms with van der Waals surface area (Å²) in [4.78, 5) is 12.2. The van der Waals surface area contributed by atoms with E-state index in [1.807, 2.05) is 42.5 Å². The zero-order chi connectivity index (χ0) is 17.6. The van der Waals surface area contributed by atoms with Gasteiger partial charge in [-0.1, -0.05) is 42.5 Å². The van der Waals surface area contributed by atoms with Gasteiger partial charge < -0.3 is 14.8 Å². The molecule has 2 N–H and O–H groups in total. The summed E-state index contributed by atoms with van der Waals surface area (Å²) in [6.07, 6.45) is -0.567. The molecule has 3 rings (SSSR count). The number of thiocarbonyl (C=S) groups is 1. The van der Waals surface area contributed by atoms with Crippen molar-refractivity contribution in [3.8, 4) is 5.75 Å². The topological polar surface area (TPSA) is 59.6 Å². The van der Waals surface area contributed by atoms with Crippen LogP contribution >= 0.6 is 12.2 Å². The fraction of sp³-hybridized carbons (Fsp3) is 0.0526. The molecule has 0 aromatic heterocycles. The number of methoxy groups -OCH3 is 1. The van der Waals surface area contributed by atoms with Crippen molar-refractivity contribution in [2.45, 2.75) is 0 Å². The normalized spacial score (nSPS) is 10.1. The number of fused-ring (bicyclic) bond motifs is 1. The number of nitrogens with one attached hydrogen (secondary N) is 2. The van der Waals surface area contributed by atoms with Crippen LogP contribution < -0.4 is 15.4 Å². The van der Waals surface area contributed by atoms with Gasteiger partial charge in [-0.05, 0) is 35.8 Å². The summed E-state index contributed by atoms with van der Waals surface area (Å²) in [6, 6.07) is 20.4. The Morgan fingerprint density at radius 1 is 0.960 bits per heavy atom. The summed E-state index contributed by atoms with van der Waals surface area (Å²) in [5, 5.41) is 7.87. The summed E-state index contributed by atoms with van der Waals surface area (Å²) >= 11 is 4.95. The second-order valence-electron chi connectivity index (χ2n) is 5.19. The highest BCUT2D eigenvalue weighted by atomic mass is 32.1. The lowest BCUT2D eigenvalue weighted by atomic mass is 10.1. The minimum Gasteiger partial charge on any atom is -0.474 e. The first-order chi connectivity index (χ1) is 12.2. The van der Waals surface area contributed by atoms with Crippen molar-refractivity contribution in [1.29, 1.82) is 0 Å². The van der Waals surface area contributed by atoms with E-state index in [0.29, 0.717) is 17.1 Å². The molecular weight excluding hydrogens is 336 g/mol. The molecule has 126 valence electrons. The number of rotatable bonds is 3. The van der Waals surface area contributed by atoms with Gasteiger partial charge in [-0.2, -0.15) is 0 Å². The van der Waals surface area contributed by atoms with Gasteiger partial charge in [-0.25, -0.2) is 4.79 Å². The molecular formula is C19H16N2O3S. The van der Waals surface area contributed by atoms with Crippen LogP contribution in [0.1, 0.15) is 0 Å². The second-order valence-corrected chi connectivity index (χ2v) is 5.56. The van der Waals surface area contributed by atoms with Gasteiger partial charge in [-0.15, -0.1) is 0 Å². The van der Waals surface area contributed by atoms with E-state index in [-0.39, 0.29) is 5.17 Å². The molecule has 0 atom stereocenters. The van der Waals surface area contributed by atoms with Crippen molar-refractivity contribution in [3.05, 3.63) is 66.7 Å². The first-order valence-corrected chi connectivity index (χ1v) is 7.98. The van der Waals surface area contributed by atoms with Gasteiger partial charge in [0, 0.05) is 17.1 Å². The lowest BCUT2D eigenvalue weighted by Crippen LogP contribution is -2.17. The highest BCUT2D eigenvalue weighted by Crippen LogP contribution is 2.24. The molecule has 0 saturated carbocycles. The molecule has 0 aliphatic rings. The summed E-state index contributed by atoms with van der Waals surface area (Å²) in [7, 11) is 1.48. The molecule has 0 bridgehead atoms. The van der Waals surface area contributed by atoms with Gasteiger partial charge in [0.25, 0.3) is 5.17 Å². The number of anilines is 2. The Kier molecular flexibility index (Phi) is 5.11. The molecule has 0 heterocycles. The average molecular weight is 352 g/mol. The molecule has 3 aromatic rings. The van der Waals surface area contributed by atoms with Crippen LogP contribution in [0, 0.1) is 0 Å². The van der Waals surface area contributed by atoms with E-state index in [2.05, 4.69) is 10.6 Å². The molecule has 0 aliphatic heterocycles. The Labute approximate surface area is 150 Å². The fourth-order valence-electron chi connectivity index (χ4n) is 2.38. The molecule has 5 nitrogen and oxygen atoms in total. The van der Waals surface area contributed by atoms with E-state index >= 15 is 0 Å². The summed E-state index contributed by atoms with van der Waals surface area (Å²) in [5.74, 6) is 0.390. The van der Waals surface area contributed by atoms with Crippen LogP contribution in [0.2, 0.25) is 0 Å². The number of carbonyl (C=O) groups is 1. The van der Waals surface area contributed by atoms with Crippen LogP contribution in [-0.2, 0) is 4.74 Å². The van der Waals surface area contributed by atoms with E-state index in [4.69, 9.17) is 21.7 Å². The van der Waals surface area contributed by atoms with Crippen LogP contribution in [0.25, 0.3) is 10.8 Å². The number of ether oxygens (including phenoxy) is 2. The highest BCUT2D eigenvalue weighted by molar-refractivity contribution is 7.80. The van der Waals surface area contributed by atoms with E-state index in [1.54, 1.807) is 24.3 Å². The Hall–Kier alpha value is -3.12. The van der Waals surface area contributed by atoms with Crippen LogP contribution in [-0.4, -0.2) is 18.4 Å². The van der Waals surface area contributed by atoms with Gasteiger partial charge in [0.15, 0.2) is 0 Å². The summed E-state index contributed by atoms with van der Waals surface area (Å²) < 4.78 is 10.2. The Bertz CT molecular complexity index is 922. The molecule has 25 heavy (non-hydrogen) atoms. The van der Waals surface area contributed by atoms with Crippen molar-refractivity contribution < 1.29 is 14.3 Å². The molecule has 0 saturated heterocycles. The Balaban J connectivity index is 1.72. The molecule has 0 unspecified atom stereocenters. The minimum atomic E-state index is -0.567.